The number of hydrogen-bond acceptors (Lipinski definition) is 5. The summed E-state index contributed by atoms with van der Waals surface area (Å²) in [6.45, 7) is 4.38. The lowest BCUT2D eigenvalue weighted by Crippen LogP contribution is -2.40. The van der Waals surface area contributed by atoms with Crippen molar-refractivity contribution in [2.24, 2.45) is 0 Å². The Morgan fingerprint density at radius 2 is 1.88 bits per heavy atom. The average Bonchev–Trinajstić information content (AvgIpc) is 2.66. The summed E-state index contributed by atoms with van der Waals surface area (Å²) in [7, 11) is -0.468. The lowest BCUT2D eigenvalue weighted by Gasteiger charge is -2.23. The normalized spacial score (nSPS) is 35.1. The van der Waals surface area contributed by atoms with Crippen LogP contribution < -0.4 is 0 Å². The fourth-order valence-electron chi connectivity index (χ4n) is 2.10. The van der Waals surface area contributed by atoms with E-state index in [1.807, 2.05) is 13.8 Å². The molecule has 0 unspecified atom stereocenters. The molecule has 0 radical (unpaired) electrons. The van der Waals surface area contributed by atoms with Gasteiger partial charge in [-0.15, -0.1) is 0 Å². The smallest absolute Gasteiger partial charge is 0.408 e. The first kappa shape index (κ1) is 12.4. The van der Waals surface area contributed by atoms with E-state index >= 15 is 0 Å². The van der Waals surface area contributed by atoms with Crippen LogP contribution in [0.25, 0.3) is 0 Å². The molecule has 0 aromatic rings. The second-order valence-electron chi connectivity index (χ2n) is 4.14. The van der Waals surface area contributed by atoms with Crippen molar-refractivity contribution >= 4 is 14.2 Å². The number of aliphatic hydroxyl groups excluding tert-OH is 1. The maximum absolute atomic E-state index is 9.32. The van der Waals surface area contributed by atoms with E-state index in [0.29, 0.717) is 6.61 Å². The van der Waals surface area contributed by atoms with Gasteiger partial charge in [0.15, 0.2) is 0 Å². The highest BCUT2D eigenvalue weighted by atomic mass is 16.7. The van der Waals surface area contributed by atoms with Crippen molar-refractivity contribution in [2.75, 3.05) is 13.2 Å². The Hall–Kier alpha value is -0.0701. The van der Waals surface area contributed by atoms with Gasteiger partial charge in [-0.3, -0.25) is 0 Å². The van der Waals surface area contributed by atoms with Gasteiger partial charge in [-0.1, -0.05) is 13.8 Å². The van der Waals surface area contributed by atoms with Gasteiger partial charge >= 0.3 is 14.2 Å². The summed E-state index contributed by atoms with van der Waals surface area (Å²) >= 11 is 0. The third-order valence-corrected chi connectivity index (χ3v) is 2.99. The Labute approximate surface area is 96.7 Å². The van der Waals surface area contributed by atoms with Gasteiger partial charge in [-0.25, -0.2) is 0 Å². The van der Waals surface area contributed by atoms with Crippen LogP contribution >= 0.6 is 0 Å². The second kappa shape index (κ2) is 5.51. The lowest BCUT2D eigenvalue weighted by molar-refractivity contribution is 0.00936. The summed E-state index contributed by atoms with van der Waals surface area (Å²) in [6.07, 6.45) is 0.856. The molecule has 0 aromatic heterocycles. The molecule has 5 nitrogen and oxygen atoms in total. The molecule has 16 heavy (non-hydrogen) atoms. The minimum atomic E-state index is -0.353. The zero-order chi connectivity index (χ0) is 11.5. The first-order valence-electron chi connectivity index (χ1n) is 5.97. The van der Waals surface area contributed by atoms with Gasteiger partial charge in [0.1, 0.15) is 0 Å². The molecular formula is C9H18B2O5. The summed E-state index contributed by atoms with van der Waals surface area (Å²) in [5.74, 6) is 0. The minimum absolute atomic E-state index is 0.0686. The summed E-state index contributed by atoms with van der Waals surface area (Å²) in [6, 6.07) is 0. The molecular weight excluding hydrogens is 210 g/mol. The SMILES string of the molecule is CCB1OC[C@H]2OB(CC)O[C@@H]2[C@H](CO)O1. The maximum atomic E-state index is 9.32. The lowest BCUT2D eigenvalue weighted by atomic mass is 9.85. The Morgan fingerprint density at radius 3 is 2.50 bits per heavy atom. The first-order chi connectivity index (χ1) is 7.78. The van der Waals surface area contributed by atoms with Crippen molar-refractivity contribution in [1.29, 1.82) is 0 Å². The molecule has 0 spiro atoms. The van der Waals surface area contributed by atoms with Crippen LogP contribution in [-0.4, -0.2) is 50.9 Å². The predicted octanol–water partition coefficient (Wildman–Crippen LogP) is 0.194. The van der Waals surface area contributed by atoms with Gasteiger partial charge in [0.25, 0.3) is 0 Å². The summed E-state index contributed by atoms with van der Waals surface area (Å²) < 4.78 is 22.6. The topological polar surface area (TPSA) is 57.2 Å². The molecule has 2 aliphatic rings. The highest BCUT2D eigenvalue weighted by molar-refractivity contribution is 6.45. The predicted molar refractivity (Wildman–Crippen MR) is 60.1 cm³/mol. The molecule has 2 saturated heterocycles. The maximum Gasteiger partial charge on any atom is 0.457 e. The highest BCUT2D eigenvalue weighted by Gasteiger charge is 2.46. The third kappa shape index (κ3) is 2.43. The summed E-state index contributed by atoms with van der Waals surface area (Å²) in [5, 5.41) is 9.32. The number of hydrogen-bond donors (Lipinski definition) is 1. The van der Waals surface area contributed by atoms with Gasteiger partial charge in [0, 0.05) is 0 Å². The van der Waals surface area contributed by atoms with E-state index in [2.05, 4.69) is 0 Å². The molecule has 90 valence electrons. The van der Waals surface area contributed by atoms with Crippen LogP contribution in [0, 0.1) is 0 Å². The molecule has 2 aliphatic heterocycles. The highest BCUT2D eigenvalue weighted by Crippen LogP contribution is 2.26. The van der Waals surface area contributed by atoms with E-state index in [4.69, 9.17) is 18.6 Å². The molecule has 7 heteroatoms. The summed E-state index contributed by atoms with van der Waals surface area (Å²) in [4.78, 5) is 0. The van der Waals surface area contributed by atoms with Crippen molar-refractivity contribution in [3.8, 4) is 0 Å². The zero-order valence-electron chi connectivity index (χ0n) is 9.80. The monoisotopic (exact) mass is 228 g/mol. The number of rotatable bonds is 3. The molecule has 0 aromatic carbocycles. The molecule has 0 saturated carbocycles. The molecule has 2 fully saturated rings. The molecule has 0 bridgehead atoms. The van der Waals surface area contributed by atoms with Crippen LogP contribution in [-0.2, 0) is 18.6 Å². The van der Waals surface area contributed by atoms with Gasteiger partial charge in [0.2, 0.25) is 0 Å². The average molecular weight is 228 g/mol. The van der Waals surface area contributed by atoms with Crippen LogP contribution in [0.4, 0.5) is 0 Å². The fraction of sp³-hybridized carbons (Fsp3) is 1.00. The van der Waals surface area contributed by atoms with Gasteiger partial charge in [0.05, 0.1) is 31.5 Å². The zero-order valence-corrected chi connectivity index (χ0v) is 9.80. The van der Waals surface area contributed by atoms with E-state index in [1.54, 1.807) is 0 Å². The van der Waals surface area contributed by atoms with Crippen molar-refractivity contribution in [1.82, 2.24) is 0 Å². The van der Waals surface area contributed by atoms with E-state index in [0.717, 1.165) is 12.6 Å². The van der Waals surface area contributed by atoms with Crippen molar-refractivity contribution in [3.05, 3.63) is 0 Å². The molecule has 0 aliphatic carbocycles. The van der Waals surface area contributed by atoms with E-state index in [1.165, 1.54) is 0 Å². The quantitative estimate of drug-likeness (QED) is 0.698. The molecule has 1 N–H and O–H groups in total. The van der Waals surface area contributed by atoms with E-state index in [9.17, 15) is 5.11 Å². The first-order valence-corrected chi connectivity index (χ1v) is 5.97. The fourth-order valence-corrected chi connectivity index (χ4v) is 2.10. The number of fused-ring (bicyclic) bond motifs is 1. The Kier molecular flexibility index (Phi) is 4.27. The van der Waals surface area contributed by atoms with E-state index < -0.39 is 0 Å². The largest absolute Gasteiger partial charge is 0.457 e. The Bertz CT molecular complexity index is 230. The molecule has 2 heterocycles. The standard InChI is InChI=1S/C9H18B2O5/c1-3-10-13-6-8-9(7(5-12)14-10)16-11(4-2)15-8/h7-9,12H,3-6H2,1-2H3/t7-,8+,9+/m0/s1. The Morgan fingerprint density at radius 1 is 1.12 bits per heavy atom. The molecule has 0 amide bonds. The molecule has 2 rings (SSSR count). The minimum Gasteiger partial charge on any atom is -0.408 e. The van der Waals surface area contributed by atoms with Crippen LogP contribution in [0.5, 0.6) is 0 Å². The Balaban J connectivity index is 2.03. The van der Waals surface area contributed by atoms with Crippen LogP contribution in [0.3, 0.4) is 0 Å². The van der Waals surface area contributed by atoms with Gasteiger partial charge < -0.3 is 23.7 Å². The van der Waals surface area contributed by atoms with Crippen LogP contribution in [0.15, 0.2) is 0 Å². The van der Waals surface area contributed by atoms with Gasteiger partial charge in [-0.05, 0) is 12.6 Å². The van der Waals surface area contributed by atoms with E-state index in [-0.39, 0.29) is 39.2 Å². The number of aliphatic hydroxyl groups is 1. The second-order valence-corrected chi connectivity index (χ2v) is 4.14. The van der Waals surface area contributed by atoms with Gasteiger partial charge in [-0.2, -0.15) is 0 Å². The van der Waals surface area contributed by atoms with Crippen LogP contribution in [0.1, 0.15) is 13.8 Å². The third-order valence-electron chi connectivity index (χ3n) is 2.99. The van der Waals surface area contributed by atoms with Crippen LogP contribution in [0.2, 0.25) is 12.6 Å². The van der Waals surface area contributed by atoms with Crippen molar-refractivity contribution < 1.29 is 23.7 Å². The van der Waals surface area contributed by atoms with Crippen molar-refractivity contribution in [3.63, 3.8) is 0 Å². The summed E-state index contributed by atoms with van der Waals surface area (Å²) in [5.41, 5.74) is 0. The molecule has 3 atom stereocenters. The van der Waals surface area contributed by atoms with Crippen molar-refractivity contribution in [2.45, 2.75) is 44.8 Å².